The van der Waals surface area contributed by atoms with E-state index in [1.165, 1.54) is 0 Å². The van der Waals surface area contributed by atoms with Gasteiger partial charge in [0.1, 0.15) is 0 Å². The van der Waals surface area contributed by atoms with Crippen LogP contribution in [0.1, 0.15) is 20.8 Å². The first kappa shape index (κ1) is 15.6. The Labute approximate surface area is 133 Å². The van der Waals surface area contributed by atoms with Gasteiger partial charge >= 0.3 is 0 Å². The maximum absolute atomic E-state index is 12.4. The fraction of sp³-hybridized carbons (Fsp3) is 0.188. The van der Waals surface area contributed by atoms with E-state index in [1.807, 2.05) is 11.4 Å². The Kier molecular flexibility index (Phi) is 5.40. The molecule has 2 aromatic rings. The molecule has 0 unspecified atom stereocenters. The first-order chi connectivity index (χ1) is 10.1. The molecule has 1 aromatic heterocycles. The van der Waals surface area contributed by atoms with Crippen molar-refractivity contribution < 1.29 is 4.79 Å². The average molecular weight is 319 g/mol. The van der Waals surface area contributed by atoms with Crippen LogP contribution in [0.5, 0.6) is 0 Å². The molecule has 0 spiro atoms. The number of benzene rings is 1. The van der Waals surface area contributed by atoms with Crippen LogP contribution in [0, 0.1) is 11.8 Å². The van der Waals surface area contributed by atoms with Gasteiger partial charge in [-0.3, -0.25) is 4.79 Å². The van der Waals surface area contributed by atoms with Crippen LogP contribution in [0.3, 0.4) is 0 Å². The molecule has 0 fully saturated rings. The standard InChI is InChI=1S/C16H15ClN2OS/c1-19(16(20)14-6-2-3-7-15(14)17)10-13-9-12(11-21-13)5-4-8-18/h2-3,6-7,9,11H,8,10,18H2,1H3. The van der Waals surface area contributed by atoms with E-state index >= 15 is 0 Å². The maximum atomic E-state index is 12.4. The number of amides is 1. The zero-order valence-electron chi connectivity index (χ0n) is 11.6. The van der Waals surface area contributed by atoms with Crippen LogP contribution in [0.25, 0.3) is 0 Å². The lowest BCUT2D eigenvalue weighted by molar-refractivity contribution is 0.0786. The molecule has 0 atom stereocenters. The van der Waals surface area contributed by atoms with Crippen LogP contribution in [0.2, 0.25) is 5.02 Å². The number of carbonyl (C=O) groups is 1. The summed E-state index contributed by atoms with van der Waals surface area (Å²) in [6, 6.07) is 9.03. The van der Waals surface area contributed by atoms with Gasteiger partial charge in [0, 0.05) is 22.9 Å². The van der Waals surface area contributed by atoms with Gasteiger partial charge in [-0.2, -0.15) is 0 Å². The molecule has 0 aliphatic rings. The first-order valence-electron chi connectivity index (χ1n) is 6.38. The van der Waals surface area contributed by atoms with Crippen molar-refractivity contribution in [3.63, 3.8) is 0 Å². The van der Waals surface area contributed by atoms with Gasteiger partial charge in [0.15, 0.2) is 0 Å². The Morgan fingerprint density at radius 3 is 2.90 bits per heavy atom. The zero-order valence-corrected chi connectivity index (χ0v) is 13.2. The molecule has 1 amide bonds. The number of carbonyl (C=O) groups excluding carboxylic acids is 1. The summed E-state index contributed by atoms with van der Waals surface area (Å²) >= 11 is 7.63. The molecule has 0 saturated carbocycles. The summed E-state index contributed by atoms with van der Waals surface area (Å²) < 4.78 is 0. The molecule has 0 saturated heterocycles. The second kappa shape index (κ2) is 7.28. The van der Waals surface area contributed by atoms with E-state index < -0.39 is 0 Å². The lowest BCUT2D eigenvalue weighted by Crippen LogP contribution is -2.26. The van der Waals surface area contributed by atoms with E-state index in [-0.39, 0.29) is 5.91 Å². The van der Waals surface area contributed by atoms with Gasteiger partial charge in [0.05, 0.1) is 23.7 Å². The van der Waals surface area contributed by atoms with Crippen molar-refractivity contribution in [2.45, 2.75) is 6.54 Å². The van der Waals surface area contributed by atoms with Crippen molar-refractivity contribution in [2.75, 3.05) is 13.6 Å². The molecule has 0 aliphatic carbocycles. The minimum absolute atomic E-state index is 0.0939. The molecule has 1 heterocycles. The van der Waals surface area contributed by atoms with Gasteiger partial charge in [0.25, 0.3) is 5.91 Å². The Morgan fingerprint density at radius 2 is 2.19 bits per heavy atom. The molecule has 0 aliphatic heterocycles. The quantitative estimate of drug-likeness (QED) is 0.884. The predicted octanol–water partition coefficient (Wildman–Crippen LogP) is 2.98. The van der Waals surface area contributed by atoms with E-state index in [0.29, 0.717) is 23.7 Å². The molecule has 108 valence electrons. The van der Waals surface area contributed by atoms with Crippen molar-refractivity contribution in [2.24, 2.45) is 5.73 Å². The Hall–Kier alpha value is -1.80. The van der Waals surface area contributed by atoms with Gasteiger partial charge in [-0.05, 0) is 18.2 Å². The number of hydrogen-bond acceptors (Lipinski definition) is 3. The van der Waals surface area contributed by atoms with Gasteiger partial charge < -0.3 is 10.6 Å². The topological polar surface area (TPSA) is 46.3 Å². The largest absolute Gasteiger partial charge is 0.337 e. The molecule has 1 aromatic carbocycles. The second-order valence-electron chi connectivity index (χ2n) is 4.45. The third-order valence-corrected chi connectivity index (χ3v) is 4.08. The number of nitrogens with zero attached hydrogens (tertiary/aromatic N) is 1. The van der Waals surface area contributed by atoms with Crippen LogP contribution in [-0.4, -0.2) is 24.4 Å². The van der Waals surface area contributed by atoms with Crippen LogP contribution < -0.4 is 5.73 Å². The molecular weight excluding hydrogens is 304 g/mol. The van der Waals surface area contributed by atoms with E-state index in [0.717, 1.165) is 10.4 Å². The van der Waals surface area contributed by atoms with Gasteiger partial charge in [-0.25, -0.2) is 0 Å². The van der Waals surface area contributed by atoms with Crippen molar-refractivity contribution >= 4 is 28.8 Å². The minimum atomic E-state index is -0.0939. The third-order valence-electron chi connectivity index (χ3n) is 2.83. The average Bonchev–Trinajstić information content (AvgIpc) is 2.92. The normalized spacial score (nSPS) is 9.86. The molecule has 2 rings (SSSR count). The molecule has 2 N–H and O–H groups in total. The molecular formula is C16H15ClN2OS. The fourth-order valence-corrected chi connectivity index (χ4v) is 2.91. The molecule has 21 heavy (non-hydrogen) atoms. The number of thiophene rings is 1. The number of rotatable bonds is 3. The van der Waals surface area contributed by atoms with Gasteiger partial charge in [-0.15, -0.1) is 11.3 Å². The van der Waals surface area contributed by atoms with Crippen molar-refractivity contribution in [3.05, 3.63) is 56.7 Å². The number of nitrogens with two attached hydrogens (primary N) is 1. The Balaban J connectivity index is 2.07. The van der Waals surface area contributed by atoms with Gasteiger partial charge in [-0.1, -0.05) is 35.6 Å². The minimum Gasteiger partial charge on any atom is -0.337 e. The zero-order chi connectivity index (χ0) is 15.2. The van der Waals surface area contributed by atoms with Crippen LogP contribution in [0.4, 0.5) is 0 Å². The third kappa shape index (κ3) is 4.08. The van der Waals surface area contributed by atoms with Crippen molar-refractivity contribution in [3.8, 4) is 11.8 Å². The Bertz CT molecular complexity index is 700. The van der Waals surface area contributed by atoms with Crippen molar-refractivity contribution in [1.29, 1.82) is 0 Å². The molecule has 0 radical (unpaired) electrons. The smallest absolute Gasteiger partial charge is 0.255 e. The highest BCUT2D eigenvalue weighted by Gasteiger charge is 2.15. The number of halogens is 1. The highest BCUT2D eigenvalue weighted by molar-refractivity contribution is 7.10. The van der Waals surface area contributed by atoms with Gasteiger partial charge in [0.2, 0.25) is 0 Å². The molecule has 5 heteroatoms. The van der Waals surface area contributed by atoms with Crippen LogP contribution in [-0.2, 0) is 6.54 Å². The van der Waals surface area contributed by atoms with E-state index in [4.69, 9.17) is 17.3 Å². The van der Waals surface area contributed by atoms with Crippen molar-refractivity contribution in [1.82, 2.24) is 4.90 Å². The maximum Gasteiger partial charge on any atom is 0.255 e. The summed E-state index contributed by atoms with van der Waals surface area (Å²) in [5.74, 6) is 5.70. The first-order valence-corrected chi connectivity index (χ1v) is 7.64. The lowest BCUT2D eigenvalue weighted by Gasteiger charge is -2.16. The van der Waals surface area contributed by atoms with Crippen LogP contribution >= 0.6 is 22.9 Å². The predicted molar refractivity (Wildman–Crippen MR) is 87.5 cm³/mol. The van der Waals surface area contributed by atoms with Crippen LogP contribution in [0.15, 0.2) is 35.7 Å². The fourth-order valence-electron chi connectivity index (χ4n) is 1.83. The summed E-state index contributed by atoms with van der Waals surface area (Å²) in [5, 5.41) is 2.43. The highest BCUT2D eigenvalue weighted by Crippen LogP contribution is 2.20. The monoisotopic (exact) mass is 318 g/mol. The molecule has 3 nitrogen and oxygen atoms in total. The summed E-state index contributed by atoms with van der Waals surface area (Å²) in [7, 11) is 1.76. The van der Waals surface area contributed by atoms with E-state index in [2.05, 4.69) is 11.8 Å². The SMILES string of the molecule is CN(Cc1cc(C#CCN)cs1)C(=O)c1ccccc1Cl. The summed E-state index contributed by atoms with van der Waals surface area (Å²) in [6.45, 7) is 0.870. The number of hydrogen-bond donors (Lipinski definition) is 1. The summed E-state index contributed by atoms with van der Waals surface area (Å²) in [6.07, 6.45) is 0. The van der Waals surface area contributed by atoms with E-state index in [9.17, 15) is 4.79 Å². The second-order valence-corrected chi connectivity index (χ2v) is 5.85. The highest BCUT2D eigenvalue weighted by atomic mass is 35.5. The molecule has 0 bridgehead atoms. The summed E-state index contributed by atoms with van der Waals surface area (Å²) in [4.78, 5) is 15.1. The lowest BCUT2D eigenvalue weighted by atomic mass is 10.2. The van der Waals surface area contributed by atoms with E-state index in [1.54, 1.807) is 47.5 Å². The summed E-state index contributed by atoms with van der Waals surface area (Å²) in [5.41, 5.74) is 6.79. The Morgan fingerprint density at radius 1 is 1.43 bits per heavy atom.